The predicted molar refractivity (Wildman–Crippen MR) is 57.8 cm³/mol. The first kappa shape index (κ1) is 9.30. The van der Waals surface area contributed by atoms with Crippen molar-refractivity contribution in [1.82, 2.24) is 0 Å². The van der Waals surface area contributed by atoms with E-state index in [1.807, 2.05) is 24.3 Å². The molecule has 0 fully saturated rings. The maximum absolute atomic E-state index is 8.92. The smallest absolute Gasteiger partial charge is 0.0950 e. The van der Waals surface area contributed by atoms with Crippen LogP contribution in [0.1, 0.15) is 24.8 Å². The Balaban J connectivity index is 2.41. The topological polar surface area (TPSA) is 23.8 Å². The van der Waals surface area contributed by atoms with Gasteiger partial charge in [-0.25, -0.2) is 0 Å². The van der Waals surface area contributed by atoms with Gasteiger partial charge in [0, 0.05) is 10.6 Å². The second-order valence-corrected chi connectivity index (χ2v) is 3.87. The van der Waals surface area contributed by atoms with Gasteiger partial charge >= 0.3 is 0 Å². The van der Waals surface area contributed by atoms with Crippen molar-refractivity contribution in [1.29, 1.82) is 5.26 Å². The van der Waals surface area contributed by atoms with Crippen LogP contribution >= 0.6 is 11.6 Å². The van der Waals surface area contributed by atoms with E-state index in [0.29, 0.717) is 0 Å². The second kappa shape index (κ2) is 3.86. The summed E-state index contributed by atoms with van der Waals surface area (Å²) in [5.74, 6) is 0. The number of halogens is 1. The average molecular weight is 204 g/mol. The molecule has 1 aliphatic carbocycles. The van der Waals surface area contributed by atoms with Crippen LogP contribution in [-0.2, 0) is 0 Å². The summed E-state index contributed by atoms with van der Waals surface area (Å²) in [6.45, 7) is 0. The van der Waals surface area contributed by atoms with Gasteiger partial charge in [-0.1, -0.05) is 23.7 Å². The number of nitrogens with zero attached hydrogens (tertiary/aromatic N) is 1. The Morgan fingerprint density at radius 2 is 1.86 bits per heavy atom. The zero-order valence-corrected chi connectivity index (χ0v) is 8.51. The molecule has 0 saturated heterocycles. The molecule has 0 aliphatic heterocycles. The van der Waals surface area contributed by atoms with E-state index < -0.39 is 0 Å². The van der Waals surface area contributed by atoms with E-state index in [4.69, 9.17) is 16.9 Å². The molecule has 0 bridgehead atoms. The highest BCUT2D eigenvalue weighted by molar-refractivity contribution is 6.30. The average Bonchev–Trinajstić information content (AvgIpc) is 2.67. The summed E-state index contributed by atoms with van der Waals surface area (Å²) in [6.07, 6.45) is 3.04. The summed E-state index contributed by atoms with van der Waals surface area (Å²) in [6, 6.07) is 9.99. The molecule has 2 heteroatoms. The Morgan fingerprint density at radius 1 is 1.14 bits per heavy atom. The summed E-state index contributed by atoms with van der Waals surface area (Å²) in [7, 11) is 0. The maximum atomic E-state index is 8.92. The van der Waals surface area contributed by atoms with Gasteiger partial charge in [0.1, 0.15) is 0 Å². The number of hydrogen-bond acceptors (Lipinski definition) is 1. The fourth-order valence-electron chi connectivity index (χ4n) is 1.84. The molecule has 1 aromatic rings. The van der Waals surface area contributed by atoms with Crippen molar-refractivity contribution >= 4 is 17.2 Å². The van der Waals surface area contributed by atoms with Crippen LogP contribution in [0.2, 0.25) is 5.02 Å². The van der Waals surface area contributed by atoms with Crippen LogP contribution in [0.4, 0.5) is 0 Å². The molecular weight excluding hydrogens is 194 g/mol. The SMILES string of the molecule is N#CC1=C(c2ccc(Cl)cc2)CCC1. The van der Waals surface area contributed by atoms with Gasteiger partial charge in [0.2, 0.25) is 0 Å². The molecule has 1 aliphatic rings. The third-order valence-electron chi connectivity index (χ3n) is 2.55. The van der Waals surface area contributed by atoms with Crippen molar-refractivity contribution in [3.8, 4) is 6.07 Å². The van der Waals surface area contributed by atoms with Gasteiger partial charge < -0.3 is 0 Å². The first-order valence-electron chi connectivity index (χ1n) is 4.69. The van der Waals surface area contributed by atoms with Crippen LogP contribution in [0.3, 0.4) is 0 Å². The van der Waals surface area contributed by atoms with Crippen molar-refractivity contribution in [3.05, 3.63) is 40.4 Å². The normalized spacial score (nSPS) is 15.7. The van der Waals surface area contributed by atoms with E-state index in [2.05, 4.69) is 6.07 Å². The van der Waals surface area contributed by atoms with Gasteiger partial charge in [0.05, 0.1) is 6.07 Å². The van der Waals surface area contributed by atoms with Crippen LogP contribution in [0.5, 0.6) is 0 Å². The summed E-state index contributed by atoms with van der Waals surface area (Å²) >= 11 is 5.81. The molecule has 2 rings (SSSR count). The molecule has 1 nitrogen and oxygen atoms in total. The molecular formula is C12H10ClN. The van der Waals surface area contributed by atoms with Crippen LogP contribution < -0.4 is 0 Å². The molecule has 14 heavy (non-hydrogen) atoms. The fourth-order valence-corrected chi connectivity index (χ4v) is 1.96. The molecule has 0 spiro atoms. The lowest BCUT2D eigenvalue weighted by Gasteiger charge is -2.02. The largest absolute Gasteiger partial charge is 0.193 e. The summed E-state index contributed by atoms with van der Waals surface area (Å²) in [5, 5.41) is 9.66. The predicted octanol–water partition coefficient (Wildman–Crippen LogP) is 3.80. The van der Waals surface area contributed by atoms with Crippen molar-refractivity contribution in [2.45, 2.75) is 19.3 Å². The van der Waals surface area contributed by atoms with Gasteiger partial charge in [-0.05, 0) is 42.5 Å². The van der Waals surface area contributed by atoms with Crippen LogP contribution in [0.15, 0.2) is 29.8 Å². The number of nitriles is 1. The number of rotatable bonds is 1. The lowest BCUT2D eigenvalue weighted by Crippen LogP contribution is -1.82. The number of benzene rings is 1. The Bertz CT molecular complexity index is 409. The van der Waals surface area contributed by atoms with E-state index in [0.717, 1.165) is 35.4 Å². The first-order chi connectivity index (χ1) is 6.81. The second-order valence-electron chi connectivity index (χ2n) is 3.43. The van der Waals surface area contributed by atoms with E-state index in [-0.39, 0.29) is 0 Å². The van der Waals surface area contributed by atoms with Crippen molar-refractivity contribution < 1.29 is 0 Å². The first-order valence-corrected chi connectivity index (χ1v) is 5.07. The molecule has 0 saturated carbocycles. The maximum Gasteiger partial charge on any atom is 0.0950 e. The molecule has 0 N–H and O–H groups in total. The van der Waals surface area contributed by atoms with Gasteiger partial charge in [0.15, 0.2) is 0 Å². The fraction of sp³-hybridized carbons (Fsp3) is 0.250. The molecule has 0 unspecified atom stereocenters. The Kier molecular flexibility index (Phi) is 2.56. The summed E-state index contributed by atoms with van der Waals surface area (Å²) < 4.78 is 0. The Hall–Kier alpha value is -1.26. The van der Waals surface area contributed by atoms with Gasteiger partial charge in [-0.3, -0.25) is 0 Å². The van der Waals surface area contributed by atoms with E-state index in [9.17, 15) is 0 Å². The monoisotopic (exact) mass is 203 g/mol. The third-order valence-corrected chi connectivity index (χ3v) is 2.80. The van der Waals surface area contributed by atoms with E-state index >= 15 is 0 Å². The molecule has 70 valence electrons. The lowest BCUT2D eigenvalue weighted by molar-refractivity contribution is 0.922. The standard InChI is InChI=1S/C12H10ClN/c13-11-6-4-9(5-7-11)12-3-1-2-10(12)8-14/h4-7H,1-3H2. The number of hydrogen-bond donors (Lipinski definition) is 0. The molecule has 0 radical (unpaired) electrons. The minimum Gasteiger partial charge on any atom is -0.193 e. The van der Waals surface area contributed by atoms with Gasteiger partial charge in [0.25, 0.3) is 0 Å². The Morgan fingerprint density at radius 3 is 2.50 bits per heavy atom. The minimum atomic E-state index is 0.742. The zero-order valence-electron chi connectivity index (χ0n) is 7.76. The van der Waals surface area contributed by atoms with Crippen LogP contribution in [0.25, 0.3) is 5.57 Å². The van der Waals surface area contributed by atoms with Crippen molar-refractivity contribution in [2.24, 2.45) is 0 Å². The van der Waals surface area contributed by atoms with Crippen molar-refractivity contribution in [3.63, 3.8) is 0 Å². The summed E-state index contributed by atoms with van der Waals surface area (Å²) in [4.78, 5) is 0. The highest BCUT2D eigenvalue weighted by atomic mass is 35.5. The van der Waals surface area contributed by atoms with Gasteiger partial charge in [-0.2, -0.15) is 5.26 Å². The molecule has 0 aromatic heterocycles. The zero-order chi connectivity index (χ0) is 9.97. The van der Waals surface area contributed by atoms with Crippen LogP contribution in [-0.4, -0.2) is 0 Å². The van der Waals surface area contributed by atoms with Crippen molar-refractivity contribution in [2.75, 3.05) is 0 Å². The molecule has 0 atom stereocenters. The molecule has 0 heterocycles. The highest BCUT2D eigenvalue weighted by Crippen LogP contribution is 2.33. The van der Waals surface area contributed by atoms with Crippen LogP contribution in [0, 0.1) is 11.3 Å². The summed E-state index contributed by atoms with van der Waals surface area (Å²) in [5.41, 5.74) is 3.28. The number of allylic oxidation sites excluding steroid dienone is 2. The quantitative estimate of drug-likeness (QED) is 0.681. The lowest BCUT2D eigenvalue weighted by atomic mass is 10.0. The van der Waals surface area contributed by atoms with E-state index in [1.54, 1.807) is 0 Å². The highest BCUT2D eigenvalue weighted by Gasteiger charge is 2.15. The minimum absolute atomic E-state index is 0.742. The Labute approximate surface area is 88.6 Å². The molecule has 1 aromatic carbocycles. The third kappa shape index (κ3) is 1.66. The van der Waals surface area contributed by atoms with Gasteiger partial charge in [-0.15, -0.1) is 0 Å². The molecule has 0 amide bonds. The van der Waals surface area contributed by atoms with E-state index in [1.165, 1.54) is 5.57 Å².